The van der Waals surface area contributed by atoms with Gasteiger partial charge in [0.25, 0.3) is 5.91 Å². The van der Waals surface area contributed by atoms with Crippen LogP contribution in [0.25, 0.3) is 0 Å². The molecule has 4 rings (SSSR count). The lowest BCUT2D eigenvalue weighted by molar-refractivity contribution is 0.102. The number of anilines is 1. The van der Waals surface area contributed by atoms with Gasteiger partial charge in [0.2, 0.25) is 10.0 Å². The second kappa shape index (κ2) is 9.11. The number of methoxy groups -OCH3 is 1. The van der Waals surface area contributed by atoms with Crippen molar-refractivity contribution < 1.29 is 17.9 Å². The van der Waals surface area contributed by atoms with Gasteiger partial charge in [0.15, 0.2) is 0 Å². The molecule has 0 aliphatic carbocycles. The first-order valence-corrected chi connectivity index (χ1v) is 12.0. The zero-order chi connectivity index (χ0) is 22.9. The van der Waals surface area contributed by atoms with Crippen molar-refractivity contribution >= 4 is 44.8 Å². The van der Waals surface area contributed by atoms with Crippen LogP contribution in [-0.4, -0.2) is 32.3 Å². The fraction of sp³-hybridized carbons (Fsp3) is 0.174. The molecule has 3 aromatic rings. The van der Waals surface area contributed by atoms with Crippen LogP contribution >= 0.6 is 23.2 Å². The first-order valence-electron chi connectivity index (χ1n) is 9.80. The predicted octanol–water partition coefficient (Wildman–Crippen LogP) is 5.00. The van der Waals surface area contributed by atoms with E-state index in [4.69, 9.17) is 27.9 Å². The molecule has 9 heteroatoms. The maximum Gasteiger partial charge on any atom is 0.259 e. The summed E-state index contributed by atoms with van der Waals surface area (Å²) < 4.78 is 32.8. The van der Waals surface area contributed by atoms with Crippen molar-refractivity contribution in [2.45, 2.75) is 17.9 Å². The van der Waals surface area contributed by atoms with Crippen molar-refractivity contribution in [3.63, 3.8) is 0 Å². The number of nitrogens with one attached hydrogen (secondary N) is 1. The average molecular weight is 491 g/mol. The van der Waals surface area contributed by atoms with E-state index in [9.17, 15) is 13.2 Å². The summed E-state index contributed by atoms with van der Waals surface area (Å²) in [4.78, 5) is 13.0. The highest BCUT2D eigenvalue weighted by molar-refractivity contribution is 7.89. The van der Waals surface area contributed by atoms with E-state index < -0.39 is 10.0 Å². The first kappa shape index (κ1) is 22.6. The number of benzene rings is 3. The zero-order valence-corrected chi connectivity index (χ0v) is 19.5. The number of sulfonamides is 1. The Morgan fingerprint density at radius 3 is 2.41 bits per heavy atom. The van der Waals surface area contributed by atoms with Crippen LogP contribution in [0.3, 0.4) is 0 Å². The summed E-state index contributed by atoms with van der Waals surface area (Å²) in [6.07, 6.45) is 0.582. The van der Waals surface area contributed by atoms with Gasteiger partial charge in [0.05, 0.1) is 17.6 Å². The summed E-state index contributed by atoms with van der Waals surface area (Å²) in [6.45, 7) is 0.591. The number of hydrogen-bond acceptors (Lipinski definition) is 4. The Morgan fingerprint density at radius 1 is 0.969 bits per heavy atom. The maximum absolute atomic E-state index is 13.0. The Balaban J connectivity index is 1.56. The van der Waals surface area contributed by atoms with E-state index in [1.807, 2.05) is 6.07 Å². The molecule has 0 unspecified atom stereocenters. The molecule has 0 saturated heterocycles. The summed E-state index contributed by atoms with van der Waals surface area (Å²) in [5, 5.41) is 3.74. The fourth-order valence-electron chi connectivity index (χ4n) is 3.63. The molecule has 1 N–H and O–H groups in total. The van der Waals surface area contributed by atoms with Crippen LogP contribution in [0.2, 0.25) is 10.0 Å². The number of halogens is 2. The number of ether oxygens (including phenoxy) is 1. The van der Waals surface area contributed by atoms with Crippen LogP contribution in [-0.2, 0) is 23.0 Å². The topological polar surface area (TPSA) is 75.7 Å². The molecule has 1 amide bonds. The van der Waals surface area contributed by atoms with Crippen LogP contribution < -0.4 is 10.1 Å². The van der Waals surface area contributed by atoms with E-state index in [0.29, 0.717) is 40.0 Å². The molecule has 0 bridgehead atoms. The third kappa shape index (κ3) is 4.61. The Morgan fingerprint density at radius 2 is 1.69 bits per heavy atom. The van der Waals surface area contributed by atoms with Crippen molar-refractivity contribution in [3.8, 4) is 5.75 Å². The van der Waals surface area contributed by atoms with Crippen LogP contribution in [0.1, 0.15) is 21.5 Å². The predicted molar refractivity (Wildman–Crippen MR) is 125 cm³/mol. The van der Waals surface area contributed by atoms with Gasteiger partial charge in [-0.2, -0.15) is 4.31 Å². The third-order valence-corrected chi connectivity index (χ3v) is 7.65. The van der Waals surface area contributed by atoms with E-state index in [1.54, 1.807) is 36.4 Å². The van der Waals surface area contributed by atoms with E-state index in [0.717, 1.165) is 11.1 Å². The smallest absolute Gasteiger partial charge is 0.259 e. The summed E-state index contributed by atoms with van der Waals surface area (Å²) in [6, 6.07) is 16.4. The third-order valence-electron chi connectivity index (χ3n) is 5.30. The molecule has 32 heavy (non-hydrogen) atoms. The minimum absolute atomic E-state index is 0.197. The SMILES string of the molecule is COc1ccc(Cl)cc1C(=O)Nc1ccc2c(c1)CN(S(=O)(=O)c1ccc(Cl)cc1)CC2. The monoisotopic (exact) mass is 490 g/mol. The normalized spacial score (nSPS) is 14.0. The van der Waals surface area contributed by atoms with E-state index >= 15 is 0 Å². The standard InChI is InChI=1S/C23H20Cl2N2O4S/c1-31-22-9-5-18(25)13-21(22)23(28)26-19-6-2-15-10-11-27(14-16(15)12-19)32(29,30)20-7-3-17(24)4-8-20/h2-9,12-13H,10-11,14H2,1H3,(H,26,28). The van der Waals surface area contributed by atoms with E-state index in [2.05, 4.69) is 5.32 Å². The lowest BCUT2D eigenvalue weighted by atomic mass is 10.0. The summed E-state index contributed by atoms with van der Waals surface area (Å²) >= 11 is 11.9. The van der Waals surface area contributed by atoms with Gasteiger partial charge < -0.3 is 10.1 Å². The van der Waals surface area contributed by atoms with Gasteiger partial charge in [0, 0.05) is 28.8 Å². The molecule has 166 valence electrons. The number of carbonyl (C=O) groups is 1. The molecule has 0 spiro atoms. The highest BCUT2D eigenvalue weighted by atomic mass is 35.5. The maximum atomic E-state index is 13.0. The molecule has 3 aromatic carbocycles. The molecule has 0 atom stereocenters. The highest BCUT2D eigenvalue weighted by Gasteiger charge is 2.28. The molecule has 0 saturated carbocycles. The highest BCUT2D eigenvalue weighted by Crippen LogP contribution is 2.29. The van der Waals surface area contributed by atoms with Gasteiger partial charge in [-0.15, -0.1) is 0 Å². The van der Waals surface area contributed by atoms with Crippen LogP contribution in [0.15, 0.2) is 65.6 Å². The van der Waals surface area contributed by atoms with Gasteiger partial charge in [-0.1, -0.05) is 29.3 Å². The molecule has 1 aliphatic rings. The van der Waals surface area contributed by atoms with E-state index in [1.165, 1.54) is 29.6 Å². The number of hydrogen-bond donors (Lipinski definition) is 1. The van der Waals surface area contributed by atoms with Gasteiger partial charge in [-0.25, -0.2) is 8.42 Å². The Labute approximate surface area is 196 Å². The van der Waals surface area contributed by atoms with Gasteiger partial charge >= 0.3 is 0 Å². The van der Waals surface area contributed by atoms with Gasteiger partial charge in [-0.05, 0) is 72.1 Å². The van der Waals surface area contributed by atoms with Crippen LogP contribution in [0.4, 0.5) is 5.69 Å². The van der Waals surface area contributed by atoms with Crippen molar-refractivity contribution in [3.05, 3.63) is 87.4 Å². The minimum Gasteiger partial charge on any atom is -0.496 e. The molecule has 0 fully saturated rings. The summed E-state index contributed by atoms with van der Waals surface area (Å²) in [7, 11) is -2.18. The number of carbonyl (C=O) groups excluding carboxylic acids is 1. The number of nitrogens with zero attached hydrogens (tertiary/aromatic N) is 1. The second-order valence-corrected chi connectivity index (χ2v) is 10.1. The molecule has 0 aromatic heterocycles. The molecule has 6 nitrogen and oxygen atoms in total. The Kier molecular flexibility index (Phi) is 6.44. The van der Waals surface area contributed by atoms with Crippen molar-refractivity contribution in [2.24, 2.45) is 0 Å². The molecule has 1 heterocycles. The van der Waals surface area contributed by atoms with Crippen molar-refractivity contribution in [2.75, 3.05) is 19.0 Å². The lowest BCUT2D eigenvalue weighted by Gasteiger charge is -2.28. The Hall–Kier alpha value is -2.58. The summed E-state index contributed by atoms with van der Waals surface area (Å²) in [5.74, 6) is 0.0378. The zero-order valence-electron chi connectivity index (χ0n) is 17.1. The summed E-state index contributed by atoms with van der Waals surface area (Å²) in [5.41, 5.74) is 2.75. The number of amides is 1. The second-order valence-electron chi connectivity index (χ2n) is 7.32. The largest absolute Gasteiger partial charge is 0.496 e. The average Bonchev–Trinajstić information content (AvgIpc) is 2.78. The molecular formula is C23H20Cl2N2O4S. The number of fused-ring (bicyclic) bond motifs is 1. The first-order chi connectivity index (χ1) is 15.3. The van der Waals surface area contributed by atoms with Crippen LogP contribution in [0, 0.1) is 0 Å². The van der Waals surface area contributed by atoms with Crippen molar-refractivity contribution in [1.29, 1.82) is 0 Å². The molecule has 0 radical (unpaired) electrons. The van der Waals surface area contributed by atoms with Gasteiger partial charge in [-0.3, -0.25) is 4.79 Å². The lowest BCUT2D eigenvalue weighted by Crippen LogP contribution is -2.36. The van der Waals surface area contributed by atoms with E-state index in [-0.39, 0.29) is 17.3 Å². The number of rotatable bonds is 5. The van der Waals surface area contributed by atoms with Crippen molar-refractivity contribution in [1.82, 2.24) is 4.31 Å². The minimum atomic E-state index is -3.66. The van der Waals surface area contributed by atoms with Crippen LogP contribution in [0.5, 0.6) is 5.75 Å². The fourth-order valence-corrected chi connectivity index (χ4v) is 5.34. The van der Waals surface area contributed by atoms with Gasteiger partial charge in [0.1, 0.15) is 5.75 Å². The molecular weight excluding hydrogens is 471 g/mol. The molecule has 1 aliphatic heterocycles. The Bertz CT molecular complexity index is 1280. The quantitative estimate of drug-likeness (QED) is 0.545.